The zero-order valence-electron chi connectivity index (χ0n) is 60.7. The summed E-state index contributed by atoms with van der Waals surface area (Å²) in [4.78, 5) is 2.21. The lowest BCUT2D eigenvalue weighted by molar-refractivity contribution is 0.590. The van der Waals surface area contributed by atoms with Crippen LogP contribution in [0.4, 0.5) is 34.1 Å². The quantitative estimate of drug-likeness (QED) is 0.162. The van der Waals surface area contributed by atoms with Gasteiger partial charge < -0.3 is 23.2 Å². The van der Waals surface area contributed by atoms with Gasteiger partial charge in [-0.25, -0.2) is 0 Å². The lowest BCUT2D eigenvalue weighted by Gasteiger charge is -2.45. The summed E-state index contributed by atoms with van der Waals surface area (Å²) >= 11 is 0. The zero-order valence-corrected chi connectivity index (χ0v) is 35.7. The third kappa shape index (κ3) is 4.91. The van der Waals surface area contributed by atoms with Crippen molar-refractivity contribution in [1.82, 2.24) is 4.57 Å². The summed E-state index contributed by atoms with van der Waals surface area (Å²) in [5.74, 6) is 0. The summed E-state index contributed by atoms with van der Waals surface area (Å²) < 4.78 is 253. The van der Waals surface area contributed by atoms with E-state index in [-0.39, 0.29) is 73.0 Å². The highest BCUT2D eigenvalue weighted by molar-refractivity contribution is 7.00. The average molecular weight is 876 g/mol. The Balaban J connectivity index is 1.28. The molecule has 66 heavy (non-hydrogen) atoms. The van der Waals surface area contributed by atoms with E-state index in [0.29, 0.717) is 0 Å². The minimum Gasteiger partial charge on any atom is -0.468 e. The van der Waals surface area contributed by atoms with Crippen LogP contribution < -0.4 is 26.4 Å². The number of aromatic nitrogens is 1. The number of furan rings is 2. The topological polar surface area (TPSA) is 61.5 Å². The number of rotatable bonds is 2. The van der Waals surface area contributed by atoms with Crippen LogP contribution in [0.1, 0.15) is 92.5 Å². The molecule has 0 radical (unpaired) electrons. The van der Waals surface area contributed by atoms with E-state index in [1.54, 1.807) is 41.5 Å². The van der Waals surface area contributed by atoms with Crippen LogP contribution in [0.3, 0.4) is 0 Å². The van der Waals surface area contributed by atoms with E-state index in [9.17, 15) is 27.2 Å². The molecule has 0 unspecified atom stereocenters. The fourth-order valence-electron chi connectivity index (χ4n) is 9.42. The van der Waals surface area contributed by atoms with E-state index in [2.05, 4.69) is 0 Å². The third-order valence-electron chi connectivity index (χ3n) is 12.4. The number of anilines is 6. The largest absolute Gasteiger partial charge is 0.468 e. The van der Waals surface area contributed by atoms with E-state index in [1.165, 1.54) is 9.47 Å². The van der Waals surface area contributed by atoms with Crippen molar-refractivity contribution in [3.63, 3.8) is 0 Å². The Hall–Kier alpha value is -7.95. The van der Waals surface area contributed by atoms with Gasteiger partial charge in [-0.2, -0.15) is 5.26 Å². The van der Waals surface area contributed by atoms with Crippen LogP contribution in [0.25, 0.3) is 71.5 Å². The van der Waals surface area contributed by atoms with Crippen LogP contribution in [0.2, 0.25) is 0 Å². The van der Waals surface area contributed by atoms with Crippen molar-refractivity contribution < 1.29 is 43.1 Å². The van der Waals surface area contributed by atoms with Gasteiger partial charge in [0.2, 0.25) is 0 Å². The number of benzene rings is 8. The predicted molar refractivity (Wildman–Crippen MR) is 273 cm³/mol. The molecule has 3 aliphatic heterocycles. The normalized spacial score (nSPS) is 19.1. The minimum atomic E-state index is -1.87. The third-order valence-corrected chi connectivity index (χ3v) is 12.4. The molecule has 0 saturated heterocycles. The van der Waals surface area contributed by atoms with Crippen molar-refractivity contribution in [2.75, 3.05) is 9.80 Å². The maximum absolute atomic E-state index is 11.4. The Bertz CT molecular complexity index is 5470. The Morgan fingerprint density at radius 2 is 1.26 bits per heavy atom. The van der Waals surface area contributed by atoms with Crippen molar-refractivity contribution in [1.29, 1.82) is 5.26 Å². The van der Waals surface area contributed by atoms with Crippen molar-refractivity contribution in [3.8, 4) is 22.9 Å². The number of nitrogens with zero attached hydrogens (tertiary/aromatic N) is 4. The van der Waals surface area contributed by atoms with Crippen molar-refractivity contribution in [2.24, 2.45) is 0 Å². The minimum absolute atomic E-state index is 0.0410. The maximum Gasteiger partial charge on any atom is 0.297 e. The van der Waals surface area contributed by atoms with Crippen LogP contribution in [-0.4, -0.2) is 11.3 Å². The van der Waals surface area contributed by atoms with E-state index in [0.717, 1.165) is 4.90 Å². The van der Waals surface area contributed by atoms with Crippen LogP contribution in [0.15, 0.2) is 160 Å². The number of para-hydroxylation sites is 2. The predicted octanol–water partition coefficient (Wildman–Crippen LogP) is 14.0. The van der Waals surface area contributed by atoms with Gasteiger partial charge in [0.25, 0.3) is 6.71 Å². The number of hydrogen-bond acceptors (Lipinski definition) is 5. The summed E-state index contributed by atoms with van der Waals surface area (Å²) in [5, 5.41) is 9.83. The molecule has 8 aromatic carbocycles. The molecule has 11 aromatic rings. The van der Waals surface area contributed by atoms with Gasteiger partial charge in [-0.05, 0) is 123 Å². The smallest absolute Gasteiger partial charge is 0.297 e. The van der Waals surface area contributed by atoms with Gasteiger partial charge in [-0.1, -0.05) is 114 Å². The van der Waals surface area contributed by atoms with Gasteiger partial charge in [0.1, 0.15) is 16.7 Å². The molecule has 0 N–H and O–H groups in total. The first-order valence-corrected chi connectivity index (χ1v) is 20.9. The van der Waals surface area contributed by atoms with Gasteiger partial charge in [-0.15, -0.1) is 0 Å². The number of hydrogen-bond donors (Lipinski definition) is 0. The molecule has 0 atom stereocenters. The van der Waals surface area contributed by atoms with Gasteiger partial charge >= 0.3 is 0 Å². The molecular formula is C59H43BN4O2. The molecule has 0 aliphatic carbocycles. The second-order valence-electron chi connectivity index (χ2n) is 18.4. The van der Waals surface area contributed by atoms with Gasteiger partial charge in [0.05, 0.1) is 85.3 Å². The zero-order chi connectivity index (χ0) is 66.3. The van der Waals surface area contributed by atoms with Crippen LogP contribution in [-0.2, 0) is 10.8 Å². The summed E-state index contributed by atoms with van der Waals surface area (Å²) in [6, 6.07) is -16.7. The van der Waals surface area contributed by atoms with E-state index in [4.69, 9.17) is 21.2 Å². The highest BCUT2D eigenvalue weighted by Crippen LogP contribution is 2.54. The molecule has 0 bridgehead atoms. The van der Waals surface area contributed by atoms with E-state index >= 15 is 0 Å². The molecule has 6 nitrogen and oxygen atoms in total. The maximum atomic E-state index is 11.4. The number of fused-ring (bicyclic) bond motifs is 14. The molecule has 6 heterocycles. The Labute approximate surface area is 417 Å². The summed E-state index contributed by atoms with van der Waals surface area (Å²) in [6.07, 6.45) is 0. The molecule has 0 saturated carbocycles. The Morgan fingerprint density at radius 3 is 2.06 bits per heavy atom. The highest BCUT2D eigenvalue weighted by Gasteiger charge is 2.49. The molecule has 0 amide bonds. The summed E-state index contributed by atoms with van der Waals surface area (Å²) in [6.45, 7) is 8.51. The molecular weight excluding hydrogens is 807 g/mol. The molecule has 314 valence electrons. The monoisotopic (exact) mass is 876 g/mol. The van der Waals surface area contributed by atoms with Crippen molar-refractivity contribution >= 4 is 112 Å². The average Bonchev–Trinajstić information content (AvgIpc) is 1.65. The first kappa shape index (κ1) is 20.5. The molecule has 3 aromatic heterocycles. The van der Waals surface area contributed by atoms with Gasteiger partial charge in [0.15, 0.2) is 0 Å². The molecule has 0 fully saturated rings. The van der Waals surface area contributed by atoms with Gasteiger partial charge in [-0.3, -0.25) is 0 Å². The summed E-state index contributed by atoms with van der Waals surface area (Å²) in [5.41, 5.74) is -10.7. The first-order valence-electron chi connectivity index (χ1n) is 33.4. The van der Waals surface area contributed by atoms with E-state index < -0.39 is 235 Å². The fraction of sp³-hybridized carbons (Fsp3) is 0.136. The second kappa shape index (κ2) is 12.6. The molecule has 7 heteroatoms. The molecule has 3 aliphatic rings. The van der Waals surface area contributed by atoms with Crippen molar-refractivity contribution in [3.05, 3.63) is 168 Å². The Kier molecular flexibility index (Phi) is 3.93. The summed E-state index contributed by atoms with van der Waals surface area (Å²) in [7, 11) is 0. The van der Waals surface area contributed by atoms with Crippen molar-refractivity contribution in [2.45, 2.75) is 52.4 Å². The van der Waals surface area contributed by atoms with Crippen LogP contribution >= 0.6 is 0 Å². The first-order chi connectivity index (χ1) is 42.4. The van der Waals surface area contributed by atoms with Crippen LogP contribution in [0, 0.1) is 11.3 Å². The highest BCUT2D eigenvalue weighted by atomic mass is 16.3. The molecule has 0 spiro atoms. The van der Waals surface area contributed by atoms with E-state index in [1.807, 2.05) is 6.07 Å². The van der Waals surface area contributed by atoms with Gasteiger partial charge in [0, 0.05) is 44.0 Å². The Morgan fingerprint density at radius 1 is 0.530 bits per heavy atom. The fourth-order valence-corrected chi connectivity index (χ4v) is 9.42. The lowest BCUT2D eigenvalue weighted by atomic mass is 9.35. The van der Waals surface area contributed by atoms with Crippen LogP contribution in [0.5, 0.6) is 0 Å². The number of nitriles is 1. The lowest BCUT2D eigenvalue weighted by Crippen LogP contribution is -2.61. The molecule has 14 rings (SSSR count). The SMILES string of the molecule is [2H]c1c([2H])c([2H])c(-c2c([2H])c([2H])c3oc4c(c3c2[2H])N(c2c([2H])c([2H])c3oc5c([2H])c([2H])c([2H])c([2H])c5c3c2[2H])c2c([2H])c(C#N)c([2H])c3c2B4c2c([2H])c([2H])c([2H])c4c2N3c2c([2H])c(C(C)(C)C)c([2H])c3c5c([2H])c(C(C)(C)C)c([2H])c([2H])c5n-4c23)c([2H])c1[2H]. The standard InChI is InChI=1S/C59H43BN4O2/c1-58(2,3)36-20-22-45-40(28-36)42-29-37(59(4,5)6)30-49-54(42)63(45)46-17-12-16-44-56(46)64(49)48-26-33(32-61)25-47-53(48)60(44)57-55(43-27-35(19-23-52(43)66-57)34-13-8-7-9-14-34)62(47)38-21-24-51-41(31-38)39-15-10-11-18-50(39)65-51/h7-31H,1-6H3/i7D,8D,9D,10D,11D,12D,13D,14D,15D,16D,17D,18D,19D,20D,21D,22D,23D,24D,25D,26D,27D,28D,29D,30D,31D. The second-order valence-corrected chi connectivity index (χ2v) is 18.4.